The molecule has 1 saturated carbocycles. The van der Waals surface area contributed by atoms with Crippen LogP contribution in [0.1, 0.15) is 72.7 Å². The molecule has 5 rings (SSSR count). The van der Waals surface area contributed by atoms with E-state index in [1.54, 1.807) is 6.08 Å². The fraction of sp³-hybridized carbons (Fsp3) is 0.345. The summed E-state index contributed by atoms with van der Waals surface area (Å²) in [5.74, 6) is -1.60. The number of nitrogens with zero attached hydrogens (tertiary/aromatic N) is 2. The molecular weight excluding hydrogens is 531 g/mol. The molecule has 39 heavy (non-hydrogen) atoms. The molecule has 1 aromatic heterocycles. The van der Waals surface area contributed by atoms with E-state index in [0.29, 0.717) is 35.3 Å². The number of carbonyl (C=O) groups excluding carboxylic acids is 1. The van der Waals surface area contributed by atoms with Crippen LogP contribution in [0, 0.1) is 5.92 Å². The number of aromatic nitrogens is 2. The highest BCUT2D eigenvalue weighted by atomic mass is 35.5. The maximum absolute atomic E-state index is 14.0. The number of anilines is 1. The molecule has 204 valence electrons. The van der Waals surface area contributed by atoms with Gasteiger partial charge >= 0.3 is 12.1 Å². The van der Waals surface area contributed by atoms with Gasteiger partial charge in [0, 0.05) is 5.03 Å². The van der Waals surface area contributed by atoms with Crippen LogP contribution in [0.4, 0.5) is 18.9 Å². The van der Waals surface area contributed by atoms with Crippen LogP contribution in [0.3, 0.4) is 0 Å². The number of benzene rings is 2. The van der Waals surface area contributed by atoms with Gasteiger partial charge in [-0.2, -0.15) is 13.2 Å². The molecule has 0 radical (unpaired) electrons. The van der Waals surface area contributed by atoms with Crippen molar-refractivity contribution in [1.82, 2.24) is 9.55 Å². The molecule has 6 nitrogen and oxygen atoms in total. The van der Waals surface area contributed by atoms with Crippen LogP contribution in [0.2, 0.25) is 0 Å². The molecule has 0 unspecified atom stereocenters. The molecule has 2 aliphatic rings. The number of carboxylic acid groups (broad SMARTS) is 1. The number of fused-ring (bicyclic) bond motifs is 1. The molecule has 0 spiro atoms. The van der Waals surface area contributed by atoms with Crippen molar-refractivity contribution in [2.24, 2.45) is 5.92 Å². The summed E-state index contributed by atoms with van der Waals surface area (Å²) in [7, 11) is 0. The van der Waals surface area contributed by atoms with E-state index in [-0.39, 0.29) is 5.92 Å². The van der Waals surface area contributed by atoms with Crippen molar-refractivity contribution in [1.29, 1.82) is 0 Å². The van der Waals surface area contributed by atoms with Gasteiger partial charge in [0.05, 0.1) is 27.8 Å². The third-order valence-corrected chi connectivity index (χ3v) is 7.77. The first-order chi connectivity index (χ1) is 18.6. The van der Waals surface area contributed by atoms with Crippen LogP contribution < -0.4 is 5.32 Å². The van der Waals surface area contributed by atoms with Crippen molar-refractivity contribution in [3.8, 4) is 0 Å². The Kier molecular flexibility index (Phi) is 7.53. The number of aromatic carboxylic acids is 1. The Bertz CT molecular complexity index is 1490. The summed E-state index contributed by atoms with van der Waals surface area (Å²) in [6.07, 6.45) is 4.43. The van der Waals surface area contributed by atoms with Gasteiger partial charge in [0.1, 0.15) is 11.9 Å². The van der Waals surface area contributed by atoms with E-state index < -0.39 is 40.9 Å². The van der Waals surface area contributed by atoms with Crippen molar-refractivity contribution in [2.75, 3.05) is 5.32 Å². The summed E-state index contributed by atoms with van der Waals surface area (Å²) in [6.45, 7) is 0. The number of imidazole rings is 1. The van der Waals surface area contributed by atoms with Crippen molar-refractivity contribution in [2.45, 2.75) is 57.2 Å². The second kappa shape index (κ2) is 10.9. The predicted molar refractivity (Wildman–Crippen MR) is 144 cm³/mol. The lowest BCUT2D eigenvalue weighted by Gasteiger charge is -2.32. The molecular formula is C29H27ClF3N3O3. The number of carboxylic acids is 1. The molecule has 0 bridgehead atoms. The Morgan fingerprint density at radius 3 is 2.46 bits per heavy atom. The molecule has 2 aliphatic carbocycles. The normalized spacial score (nSPS) is 17.4. The minimum atomic E-state index is -4.86. The summed E-state index contributed by atoms with van der Waals surface area (Å²) in [5.41, 5.74) is 0.106. The average Bonchev–Trinajstić information content (AvgIpc) is 3.28. The van der Waals surface area contributed by atoms with Gasteiger partial charge in [0.15, 0.2) is 0 Å². The van der Waals surface area contributed by atoms with Crippen molar-refractivity contribution >= 4 is 45.8 Å². The van der Waals surface area contributed by atoms with Gasteiger partial charge in [0.2, 0.25) is 5.91 Å². The fourth-order valence-corrected chi connectivity index (χ4v) is 5.73. The number of amides is 1. The van der Waals surface area contributed by atoms with E-state index in [9.17, 15) is 27.9 Å². The Labute approximate surface area is 228 Å². The van der Waals surface area contributed by atoms with Crippen LogP contribution in [-0.2, 0) is 11.0 Å². The quantitative estimate of drug-likeness (QED) is 0.324. The van der Waals surface area contributed by atoms with E-state index in [1.807, 2.05) is 34.9 Å². The summed E-state index contributed by atoms with van der Waals surface area (Å²) in [4.78, 5) is 30.2. The summed E-state index contributed by atoms with van der Waals surface area (Å²) >= 11 is 6.19. The van der Waals surface area contributed by atoms with Crippen LogP contribution in [-0.4, -0.2) is 26.5 Å². The van der Waals surface area contributed by atoms with Gasteiger partial charge in [-0.3, -0.25) is 4.79 Å². The topological polar surface area (TPSA) is 84.2 Å². The van der Waals surface area contributed by atoms with Crippen molar-refractivity contribution < 1.29 is 27.9 Å². The Morgan fingerprint density at radius 1 is 1.05 bits per heavy atom. The van der Waals surface area contributed by atoms with Crippen molar-refractivity contribution in [3.05, 3.63) is 76.6 Å². The molecule has 1 fully saturated rings. The van der Waals surface area contributed by atoms with E-state index in [2.05, 4.69) is 5.32 Å². The first kappa shape index (κ1) is 27.0. The molecule has 0 saturated heterocycles. The Balaban J connectivity index is 1.63. The maximum Gasteiger partial charge on any atom is 0.418 e. The minimum Gasteiger partial charge on any atom is -0.478 e. The molecule has 2 aromatic carbocycles. The molecule has 2 N–H and O–H groups in total. The Hall–Kier alpha value is -3.59. The number of carbonyl (C=O) groups is 2. The van der Waals surface area contributed by atoms with E-state index in [0.717, 1.165) is 55.3 Å². The number of halogens is 4. The van der Waals surface area contributed by atoms with Gasteiger partial charge < -0.3 is 15.0 Å². The van der Waals surface area contributed by atoms with E-state index in [4.69, 9.17) is 16.6 Å². The zero-order valence-corrected chi connectivity index (χ0v) is 21.7. The summed E-state index contributed by atoms with van der Waals surface area (Å²) in [5, 5.41) is 12.5. The van der Waals surface area contributed by atoms with Crippen LogP contribution in [0.25, 0.3) is 16.6 Å². The highest BCUT2D eigenvalue weighted by Crippen LogP contribution is 2.41. The number of alkyl halides is 3. The SMILES string of the molecule is O=C(O)c1ccc(NC(=O)[C@H](C2CCCCC2)n2c(C3=CC=C(Cl)CC3)nc3ccccc32)c(C(F)(F)F)c1. The van der Waals surface area contributed by atoms with Gasteiger partial charge in [-0.15, -0.1) is 0 Å². The predicted octanol–water partition coefficient (Wildman–Crippen LogP) is 7.81. The standard InChI is InChI=1S/C29H27ClF3N3O3/c30-20-13-10-18(11-14-20)26-34-23-8-4-5-9-24(23)36(26)25(17-6-2-1-3-7-17)27(37)35-22-15-12-19(28(38)39)16-21(22)29(31,32)33/h4-5,8-10,12-13,15-17,25H,1-3,6-7,11,14H2,(H,35,37)(H,38,39)/t25-/m0/s1. The lowest BCUT2D eigenvalue weighted by molar-refractivity contribution is -0.137. The monoisotopic (exact) mass is 557 g/mol. The van der Waals surface area contributed by atoms with Gasteiger partial charge in [-0.25, -0.2) is 9.78 Å². The zero-order chi connectivity index (χ0) is 27.7. The van der Waals surface area contributed by atoms with Crippen LogP contribution in [0.15, 0.2) is 59.6 Å². The van der Waals surface area contributed by atoms with Crippen LogP contribution in [0.5, 0.6) is 0 Å². The largest absolute Gasteiger partial charge is 0.478 e. The fourth-order valence-electron chi connectivity index (χ4n) is 5.57. The molecule has 1 atom stereocenters. The smallest absolute Gasteiger partial charge is 0.418 e. The molecule has 1 heterocycles. The number of hydrogen-bond donors (Lipinski definition) is 2. The highest BCUT2D eigenvalue weighted by molar-refractivity contribution is 6.29. The Morgan fingerprint density at radius 2 is 1.79 bits per heavy atom. The zero-order valence-electron chi connectivity index (χ0n) is 21.0. The maximum atomic E-state index is 14.0. The number of allylic oxidation sites excluding steroid dienone is 4. The lowest BCUT2D eigenvalue weighted by atomic mass is 9.83. The van der Waals surface area contributed by atoms with Gasteiger partial charge in [-0.05, 0) is 73.6 Å². The number of hydrogen-bond acceptors (Lipinski definition) is 3. The molecule has 10 heteroatoms. The molecule has 0 aliphatic heterocycles. The lowest BCUT2D eigenvalue weighted by Crippen LogP contribution is -2.34. The van der Waals surface area contributed by atoms with Gasteiger partial charge in [0.25, 0.3) is 0 Å². The second-order valence-corrected chi connectivity index (χ2v) is 10.5. The summed E-state index contributed by atoms with van der Waals surface area (Å²) in [6, 6.07) is 9.20. The van der Waals surface area contributed by atoms with E-state index in [1.165, 1.54) is 0 Å². The number of para-hydroxylation sites is 2. The van der Waals surface area contributed by atoms with E-state index >= 15 is 0 Å². The third kappa shape index (κ3) is 5.59. The second-order valence-electron chi connectivity index (χ2n) is 10.00. The van der Waals surface area contributed by atoms with Crippen LogP contribution >= 0.6 is 11.6 Å². The minimum absolute atomic E-state index is 0.119. The number of nitrogens with one attached hydrogen (secondary N) is 1. The average molecular weight is 558 g/mol. The van der Waals surface area contributed by atoms with Crippen molar-refractivity contribution in [3.63, 3.8) is 0 Å². The summed E-state index contributed by atoms with van der Waals surface area (Å²) < 4.78 is 43.7. The van der Waals surface area contributed by atoms with Gasteiger partial charge in [-0.1, -0.05) is 49.1 Å². The first-order valence-corrected chi connectivity index (χ1v) is 13.3. The number of rotatable bonds is 6. The molecule has 3 aromatic rings. The highest BCUT2D eigenvalue weighted by Gasteiger charge is 2.38. The molecule has 1 amide bonds. The first-order valence-electron chi connectivity index (χ1n) is 12.9. The third-order valence-electron chi connectivity index (χ3n) is 7.45.